The van der Waals surface area contributed by atoms with Crippen LogP contribution in [0.3, 0.4) is 0 Å². The molecular formula is C13H15ClN2O2. The summed E-state index contributed by atoms with van der Waals surface area (Å²) in [6.07, 6.45) is 1.67. The quantitative estimate of drug-likeness (QED) is 0.849. The highest BCUT2D eigenvalue weighted by Crippen LogP contribution is 2.32. The Morgan fingerprint density at radius 1 is 1.33 bits per heavy atom. The van der Waals surface area contributed by atoms with Crippen LogP contribution in [0.25, 0.3) is 0 Å². The van der Waals surface area contributed by atoms with Crippen LogP contribution in [-0.2, 0) is 11.3 Å². The van der Waals surface area contributed by atoms with Crippen molar-refractivity contribution in [1.29, 1.82) is 0 Å². The Labute approximate surface area is 111 Å². The van der Waals surface area contributed by atoms with Crippen molar-refractivity contribution in [2.24, 2.45) is 0 Å². The largest absolute Gasteiger partial charge is 0.444 e. The van der Waals surface area contributed by atoms with Crippen molar-refractivity contribution in [3.05, 3.63) is 28.8 Å². The van der Waals surface area contributed by atoms with Crippen molar-refractivity contribution < 1.29 is 9.53 Å². The van der Waals surface area contributed by atoms with Gasteiger partial charge in [0.1, 0.15) is 6.61 Å². The second kappa shape index (κ2) is 4.78. The first-order chi connectivity index (χ1) is 8.75. The molecule has 4 nitrogen and oxygen atoms in total. The van der Waals surface area contributed by atoms with Gasteiger partial charge in [-0.3, -0.25) is 4.90 Å². The molecule has 0 aromatic heterocycles. The Balaban J connectivity index is 1.95. The van der Waals surface area contributed by atoms with Crippen molar-refractivity contribution in [3.8, 4) is 0 Å². The van der Waals surface area contributed by atoms with E-state index < -0.39 is 0 Å². The minimum atomic E-state index is -0.239. The molecule has 1 saturated heterocycles. The number of fused-ring (bicyclic) bond motifs is 1. The highest BCUT2D eigenvalue weighted by molar-refractivity contribution is 6.30. The molecule has 1 fully saturated rings. The van der Waals surface area contributed by atoms with E-state index in [-0.39, 0.29) is 12.1 Å². The van der Waals surface area contributed by atoms with Gasteiger partial charge >= 0.3 is 6.09 Å². The molecule has 18 heavy (non-hydrogen) atoms. The number of piperidine rings is 1. The molecule has 2 heterocycles. The van der Waals surface area contributed by atoms with E-state index in [0.717, 1.165) is 37.2 Å². The zero-order valence-corrected chi connectivity index (χ0v) is 10.7. The Morgan fingerprint density at radius 3 is 2.89 bits per heavy atom. The number of amides is 1. The first kappa shape index (κ1) is 11.8. The highest BCUT2D eigenvalue weighted by Gasteiger charge is 2.32. The van der Waals surface area contributed by atoms with Gasteiger partial charge in [-0.2, -0.15) is 0 Å². The Bertz CT molecular complexity index is 472. The second-order valence-corrected chi connectivity index (χ2v) is 5.12. The number of carbonyl (C=O) groups excluding carboxylic acids is 1. The van der Waals surface area contributed by atoms with Crippen LogP contribution in [0, 0.1) is 0 Å². The van der Waals surface area contributed by atoms with Crippen LogP contribution < -0.4 is 10.2 Å². The monoisotopic (exact) mass is 266 g/mol. The number of ether oxygens (including phenoxy) is 1. The molecule has 1 N–H and O–H groups in total. The Kier molecular flexibility index (Phi) is 3.14. The van der Waals surface area contributed by atoms with E-state index in [1.807, 2.05) is 18.2 Å². The molecule has 5 heteroatoms. The summed E-state index contributed by atoms with van der Waals surface area (Å²) in [7, 11) is 0. The number of benzene rings is 1. The van der Waals surface area contributed by atoms with Crippen LogP contribution in [0.2, 0.25) is 5.02 Å². The van der Waals surface area contributed by atoms with E-state index in [0.29, 0.717) is 11.6 Å². The van der Waals surface area contributed by atoms with Gasteiger partial charge in [-0.25, -0.2) is 4.79 Å². The number of hydrogen-bond acceptors (Lipinski definition) is 3. The maximum atomic E-state index is 12.0. The molecule has 2 aliphatic rings. The Hall–Kier alpha value is -1.26. The second-order valence-electron chi connectivity index (χ2n) is 4.68. The smallest absolute Gasteiger partial charge is 0.414 e. The SMILES string of the molecule is O=C1OCc2cc(Cl)ccc2N1C1CCNCC1. The minimum absolute atomic E-state index is 0.221. The number of anilines is 1. The highest BCUT2D eigenvalue weighted by atomic mass is 35.5. The normalized spacial score (nSPS) is 20.5. The van der Waals surface area contributed by atoms with Crippen LogP contribution in [0.5, 0.6) is 0 Å². The number of carbonyl (C=O) groups is 1. The van der Waals surface area contributed by atoms with Gasteiger partial charge in [0.05, 0.1) is 5.69 Å². The molecule has 0 bridgehead atoms. The van der Waals surface area contributed by atoms with E-state index in [1.165, 1.54) is 0 Å². The van der Waals surface area contributed by atoms with Crippen molar-refractivity contribution in [3.63, 3.8) is 0 Å². The average Bonchev–Trinajstić information content (AvgIpc) is 2.40. The molecule has 1 aromatic carbocycles. The fourth-order valence-electron chi connectivity index (χ4n) is 2.62. The van der Waals surface area contributed by atoms with Gasteiger partial charge in [0.2, 0.25) is 0 Å². The van der Waals surface area contributed by atoms with Gasteiger partial charge in [0, 0.05) is 16.6 Å². The summed E-state index contributed by atoms with van der Waals surface area (Å²) < 4.78 is 5.23. The summed E-state index contributed by atoms with van der Waals surface area (Å²) in [5, 5.41) is 3.98. The molecular weight excluding hydrogens is 252 g/mol. The molecule has 0 unspecified atom stereocenters. The fourth-order valence-corrected chi connectivity index (χ4v) is 2.82. The number of cyclic esters (lactones) is 1. The summed E-state index contributed by atoms with van der Waals surface area (Å²) in [5.74, 6) is 0. The zero-order valence-electron chi connectivity index (χ0n) is 9.99. The van der Waals surface area contributed by atoms with Gasteiger partial charge < -0.3 is 10.1 Å². The zero-order chi connectivity index (χ0) is 12.5. The first-order valence-corrected chi connectivity index (χ1v) is 6.58. The third-order valence-corrected chi connectivity index (χ3v) is 3.76. The molecule has 0 aliphatic carbocycles. The third kappa shape index (κ3) is 2.06. The number of nitrogens with zero attached hydrogens (tertiary/aromatic N) is 1. The number of hydrogen-bond donors (Lipinski definition) is 1. The lowest BCUT2D eigenvalue weighted by Gasteiger charge is -2.37. The molecule has 0 saturated carbocycles. The van der Waals surface area contributed by atoms with E-state index in [9.17, 15) is 4.79 Å². The van der Waals surface area contributed by atoms with Crippen LogP contribution >= 0.6 is 11.6 Å². The Morgan fingerprint density at radius 2 is 2.11 bits per heavy atom. The van der Waals surface area contributed by atoms with Gasteiger partial charge in [-0.15, -0.1) is 0 Å². The van der Waals surface area contributed by atoms with Gasteiger partial charge in [-0.05, 0) is 44.1 Å². The lowest BCUT2D eigenvalue weighted by atomic mass is 10.0. The summed E-state index contributed by atoms with van der Waals surface area (Å²) in [5.41, 5.74) is 1.93. The molecule has 0 radical (unpaired) electrons. The van der Waals surface area contributed by atoms with E-state index in [1.54, 1.807) is 4.90 Å². The standard InChI is InChI=1S/C13H15ClN2O2/c14-10-1-2-12-9(7-10)8-18-13(17)16(12)11-3-5-15-6-4-11/h1-2,7,11,15H,3-6,8H2. The van der Waals surface area contributed by atoms with E-state index in [4.69, 9.17) is 16.3 Å². The molecule has 1 aromatic rings. The molecule has 0 spiro atoms. The summed E-state index contributed by atoms with van der Waals surface area (Å²) in [6, 6.07) is 5.84. The molecule has 3 rings (SSSR count). The van der Waals surface area contributed by atoms with E-state index in [2.05, 4.69) is 5.32 Å². The number of rotatable bonds is 1. The maximum absolute atomic E-state index is 12.0. The molecule has 0 atom stereocenters. The lowest BCUT2D eigenvalue weighted by Crippen LogP contribution is -2.48. The van der Waals surface area contributed by atoms with Crippen molar-refractivity contribution in [1.82, 2.24) is 5.32 Å². The lowest BCUT2D eigenvalue weighted by molar-refractivity contribution is 0.137. The predicted octanol–water partition coefficient (Wildman–Crippen LogP) is 2.55. The fraction of sp³-hybridized carbons (Fsp3) is 0.462. The molecule has 1 amide bonds. The van der Waals surface area contributed by atoms with Gasteiger partial charge in [0.15, 0.2) is 0 Å². The van der Waals surface area contributed by atoms with Crippen molar-refractivity contribution in [2.45, 2.75) is 25.5 Å². The maximum Gasteiger partial charge on any atom is 0.414 e. The number of halogens is 1. The van der Waals surface area contributed by atoms with E-state index >= 15 is 0 Å². The summed E-state index contributed by atoms with van der Waals surface area (Å²) >= 11 is 5.98. The minimum Gasteiger partial charge on any atom is -0.444 e. The van der Waals surface area contributed by atoms with Crippen LogP contribution in [0.1, 0.15) is 18.4 Å². The molecule has 2 aliphatic heterocycles. The predicted molar refractivity (Wildman–Crippen MR) is 70.0 cm³/mol. The van der Waals surface area contributed by atoms with Crippen LogP contribution in [0.4, 0.5) is 10.5 Å². The van der Waals surface area contributed by atoms with Crippen molar-refractivity contribution >= 4 is 23.4 Å². The molecule has 96 valence electrons. The van der Waals surface area contributed by atoms with Crippen LogP contribution in [0.15, 0.2) is 18.2 Å². The van der Waals surface area contributed by atoms with Crippen molar-refractivity contribution in [2.75, 3.05) is 18.0 Å². The summed E-state index contributed by atoms with van der Waals surface area (Å²) in [6.45, 7) is 2.20. The van der Waals surface area contributed by atoms with Gasteiger partial charge in [-0.1, -0.05) is 11.6 Å². The number of nitrogens with one attached hydrogen (secondary N) is 1. The average molecular weight is 267 g/mol. The topological polar surface area (TPSA) is 41.6 Å². The van der Waals surface area contributed by atoms with Crippen LogP contribution in [-0.4, -0.2) is 25.2 Å². The van der Waals surface area contributed by atoms with Gasteiger partial charge in [0.25, 0.3) is 0 Å². The third-order valence-electron chi connectivity index (χ3n) is 3.52. The first-order valence-electron chi connectivity index (χ1n) is 6.21. The summed E-state index contributed by atoms with van der Waals surface area (Å²) in [4.78, 5) is 13.8.